The quantitative estimate of drug-likeness (QED) is 0.700. The third-order valence-corrected chi connectivity index (χ3v) is 1.72. The van der Waals surface area contributed by atoms with Crippen LogP contribution in [0.1, 0.15) is 17.7 Å². The van der Waals surface area contributed by atoms with E-state index >= 15 is 0 Å². The monoisotopic (exact) mass is 201 g/mol. The zero-order valence-electron chi connectivity index (χ0n) is 7.71. The minimum absolute atomic E-state index is 0.187. The summed E-state index contributed by atoms with van der Waals surface area (Å²) in [4.78, 5) is 3.64. The van der Waals surface area contributed by atoms with Crippen molar-refractivity contribution in [2.24, 2.45) is 5.73 Å². The first-order valence-corrected chi connectivity index (χ1v) is 4.38. The Balaban J connectivity index is 2.47. The van der Waals surface area contributed by atoms with Crippen molar-refractivity contribution in [2.75, 3.05) is 13.1 Å². The molecule has 0 amide bonds. The van der Waals surface area contributed by atoms with E-state index in [4.69, 9.17) is 5.73 Å². The Labute approximate surface area is 81.3 Å². The number of nitrogens with one attached hydrogen (secondary N) is 1. The Hall–Kier alpha value is -1.07. The molecule has 1 aromatic heterocycles. The molecule has 5 heteroatoms. The van der Waals surface area contributed by atoms with E-state index in [1.54, 1.807) is 6.07 Å². The lowest BCUT2D eigenvalue weighted by molar-refractivity contribution is 0.146. The molecule has 0 radical (unpaired) electrons. The number of aromatic nitrogens is 1. The van der Waals surface area contributed by atoms with Crippen LogP contribution in [0.2, 0.25) is 0 Å². The minimum atomic E-state index is -2.50. The molecule has 0 aliphatic carbocycles. The van der Waals surface area contributed by atoms with Crippen molar-refractivity contribution in [3.05, 3.63) is 29.6 Å². The smallest absolute Gasteiger partial charge is 0.280 e. The second-order valence-electron chi connectivity index (χ2n) is 2.86. The van der Waals surface area contributed by atoms with Gasteiger partial charge in [0.05, 0.1) is 0 Å². The summed E-state index contributed by atoms with van der Waals surface area (Å²) < 4.78 is 24.2. The highest BCUT2D eigenvalue weighted by molar-refractivity contribution is 5.14. The molecule has 0 atom stereocenters. The van der Waals surface area contributed by atoms with E-state index in [1.165, 1.54) is 12.3 Å². The van der Waals surface area contributed by atoms with E-state index in [0.717, 1.165) is 5.56 Å². The summed E-state index contributed by atoms with van der Waals surface area (Å²) >= 11 is 0. The number of pyridine rings is 1. The second-order valence-corrected chi connectivity index (χ2v) is 2.86. The van der Waals surface area contributed by atoms with Crippen LogP contribution in [0.4, 0.5) is 8.78 Å². The molecule has 0 saturated carbocycles. The molecule has 14 heavy (non-hydrogen) atoms. The number of hydrogen-bond acceptors (Lipinski definition) is 3. The Bertz CT molecular complexity index is 261. The van der Waals surface area contributed by atoms with Crippen molar-refractivity contribution < 1.29 is 8.78 Å². The fourth-order valence-electron chi connectivity index (χ4n) is 1.00. The molecule has 0 aromatic carbocycles. The molecule has 1 heterocycles. The van der Waals surface area contributed by atoms with Gasteiger partial charge >= 0.3 is 0 Å². The van der Waals surface area contributed by atoms with Crippen LogP contribution in [0, 0.1) is 0 Å². The number of hydrogen-bond donors (Lipinski definition) is 2. The van der Waals surface area contributed by atoms with Crippen LogP contribution in [-0.4, -0.2) is 18.1 Å². The van der Waals surface area contributed by atoms with Crippen LogP contribution >= 0.6 is 0 Å². The standard InChI is InChI=1S/C9H13F2N3/c10-9(11)8-2-1-7(6-14-8)5-13-4-3-12/h1-2,6,9,13H,3-5,12H2. The number of halogens is 2. The Morgan fingerprint density at radius 2 is 2.21 bits per heavy atom. The first-order valence-electron chi connectivity index (χ1n) is 4.38. The van der Waals surface area contributed by atoms with Gasteiger partial charge in [0.1, 0.15) is 5.69 Å². The summed E-state index contributed by atoms with van der Waals surface area (Å²) in [5.41, 5.74) is 5.97. The second kappa shape index (κ2) is 5.62. The first-order chi connectivity index (χ1) is 6.74. The highest BCUT2D eigenvalue weighted by Gasteiger charge is 2.07. The zero-order valence-corrected chi connectivity index (χ0v) is 7.71. The average Bonchev–Trinajstić information content (AvgIpc) is 2.19. The number of rotatable bonds is 5. The van der Waals surface area contributed by atoms with E-state index in [0.29, 0.717) is 19.6 Å². The molecule has 0 aliphatic heterocycles. The van der Waals surface area contributed by atoms with Gasteiger partial charge < -0.3 is 11.1 Å². The summed E-state index contributed by atoms with van der Waals surface area (Å²) in [6, 6.07) is 2.97. The van der Waals surface area contributed by atoms with E-state index in [9.17, 15) is 8.78 Å². The van der Waals surface area contributed by atoms with E-state index in [-0.39, 0.29) is 5.69 Å². The van der Waals surface area contributed by atoms with Gasteiger partial charge in [0.2, 0.25) is 0 Å². The summed E-state index contributed by atoms with van der Waals surface area (Å²) in [6.07, 6.45) is -1.05. The molecular weight excluding hydrogens is 188 g/mol. The largest absolute Gasteiger partial charge is 0.329 e. The van der Waals surface area contributed by atoms with E-state index in [1.807, 2.05) is 0 Å². The molecule has 0 bridgehead atoms. The van der Waals surface area contributed by atoms with Crippen molar-refractivity contribution in [1.29, 1.82) is 0 Å². The van der Waals surface area contributed by atoms with Gasteiger partial charge in [-0.1, -0.05) is 6.07 Å². The Morgan fingerprint density at radius 1 is 1.43 bits per heavy atom. The lowest BCUT2D eigenvalue weighted by Crippen LogP contribution is -2.21. The van der Waals surface area contributed by atoms with Crippen molar-refractivity contribution in [3.8, 4) is 0 Å². The Kier molecular flexibility index (Phi) is 4.42. The van der Waals surface area contributed by atoms with Gasteiger partial charge in [0.25, 0.3) is 6.43 Å². The lowest BCUT2D eigenvalue weighted by atomic mass is 10.2. The third-order valence-electron chi connectivity index (χ3n) is 1.72. The molecule has 3 N–H and O–H groups in total. The molecule has 0 fully saturated rings. The van der Waals surface area contributed by atoms with Crippen LogP contribution in [0.5, 0.6) is 0 Å². The summed E-state index contributed by atoms with van der Waals surface area (Å²) in [5, 5.41) is 3.05. The van der Waals surface area contributed by atoms with Gasteiger partial charge in [-0.2, -0.15) is 0 Å². The topological polar surface area (TPSA) is 50.9 Å². The summed E-state index contributed by atoms with van der Waals surface area (Å²) in [7, 11) is 0. The first kappa shape index (κ1) is 11.0. The maximum Gasteiger partial charge on any atom is 0.280 e. The zero-order chi connectivity index (χ0) is 10.4. The van der Waals surface area contributed by atoms with Crippen molar-refractivity contribution in [3.63, 3.8) is 0 Å². The van der Waals surface area contributed by atoms with Crippen LogP contribution in [0.25, 0.3) is 0 Å². The molecule has 0 saturated heterocycles. The summed E-state index contributed by atoms with van der Waals surface area (Å²) in [5.74, 6) is 0. The SMILES string of the molecule is NCCNCc1ccc(C(F)F)nc1. The number of nitrogens with two attached hydrogens (primary N) is 1. The number of alkyl halides is 2. The van der Waals surface area contributed by atoms with E-state index in [2.05, 4.69) is 10.3 Å². The van der Waals surface area contributed by atoms with Crippen molar-refractivity contribution >= 4 is 0 Å². The molecule has 1 aromatic rings. The maximum atomic E-state index is 12.1. The van der Waals surface area contributed by atoms with Gasteiger partial charge in [-0.05, 0) is 11.6 Å². The molecule has 3 nitrogen and oxygen atoms in total. The van der Waals surface area contributed by atoms with Gasteiger partial charge in [0.15, 0.2) is 0 Å². The molecule has 78 valence electrons. The Morgan fingerprint density at radius 3 is 2.71 bits per heavy atom. The summed E-state index contributed by atoms with van der Waals surface area (Å²) in [6.45, 7) is 1.87. The molecule has 1 rings (SSSR count). The highest BCUT2D eigenvalue weighted by atomic mass is 19.3. The van der Waals surface area contributed by atoms with Crippen LogP contribution < -0.4 is 11.1 Å². The predicted octanol–water partition coefficient (Wildman–Crippen LogP) is 1.07. The third kappa shape index (κ3) is 3.35. The highest BCUT2D eigenvalue weighted by Crippen LogP contribution is 2.15. The van der Waals surface area contributed by atoms with Crippen LogP contribution in [-0.2, 0) is 6.54 Å². The normalized spacial score (nSPS) is 10.9. The molecule has 0 spiro atoms. The van der Waals surface area contributed by atoms with Crippen molar-refractivity contribution in [2.45, 2.75) is 13.0 Å². The fourth-order valence-corrected chi connectivity index (χ4v) is 1.00. The molecule has 0 aliphatic rings. The number of nitrogens with zero attached hydrogens (tertiary/aromatic N) is 1. The minimum Gasteiger partial charge on any atom is -0.329 e. The van der Waals surface area contributed by atoms with Crippen LogP contribution in [0.15, 0.2) is 18.3 Å². The molecule has 0 unspecified atom stereocenters. The fraction of sp³-hybridized carbons (Fsp3) is 0.444. The van der Waals surface area contributed by atoms with Gasteiger partial charge in [-0.15, -0.1) is 0 Å². The molecular formula is C9H13F2N3. The van der Waals surface area contributed by atoms with Crippen molar-refractivity contribution in [1.82, 2.24) is 10.3 Å². The van der Waals surface area contributed by atoms with Gasteiger partial charge in [-0.25, -0.2) is 8.78 Å². The average molecular weight is 201 g/mol. The lowest BCUT2D eigenvalue weighted by Gasteiger charge is -2.03. The maximum absolute atomic E-state index is 12.1. The predicted molar refractivity (Wildman–Crippen MR) is 50.0 cm³/mol. The van der Waals surface area contributed by atoms with Crippen LogP contribution in [0.3, 0.4) is 0 Å². The van der Waals surface area contributed by atoms with Gasteiger partial charge in [-0.3, -0.25) is 4.98 Å². The van der Waals surface area contributed by atoms with E-state index < -0.39 is 6.43 Å². The van der Waals surface area contributed by atoms with Gasteiger partial charge in [0, 0.05) is 25.8 Å².